The highest BCUT2D eigenvalue weighted by Crippen LogP contribution is 2.23. The topological polar surface area (TPSA) is 66.5 Å². The molecule has 138 valence electrons. The van der Waals surface area contributed by atoms with Gasteiger partial charge >= 0.3 is 0 Å². The second-order valence-corrected chi connectivity index (χ2v) is 6.55. The minimum atomic E-state index is -0.347. The highest BCUT2D eigenvalue weighted by atomic mass is 16.2. The largest absolute Gasteiger partial charge is 0.326 e. The van der Waals surface area contributed by atoms with Crippen molar-refractivity contribution < 1.29 is 14.4 Å². The lowest BCUT2D eigenvalue weighted by atomic mass is 10.1. The number of carbonyl (C=O) groups is 3. The molecule has 3 amide bonds. The summed E-state index contributed by atoms with van der Waals surface area (Å²) >= 11 is 0. The fourth-order valence-electron chi connectivity index (χ4n) is 3.26. The van der Waals surface area contributed by atoms with E-state index in [4.69, 9.17) is 0 Å². The highest BCUT2D eigenvalue weighted by molar-refractivity contribution is 6.21. The molecular formula is C23H18N2O3. The summed E-state index contributed by atoms with van der Waals surface area (Å²) in [6.45, 7) is 0.0558. The van der Waals surface area contributed by atoms with Gasteiger partial charge < -0.3 is 5.32 Å². The van der Waals surface area contributed by atoms with Crippen LogP contribution in [0.25, 0.3) is 11.1 Å². The number of fused-ring (bicyclic) bond motifs is 1. The summed E-state index contributed by atoms with van der Waals surface area (Å²) in [5.74, 6) is -0.940. The molecule has 0 atom stereocenters. The number of anilines is 1. The highest BCUT2D eigenvalue weighted by Gasteiger charge is 2.34. The normalized spacial score (nSPS) is 12.8. The predicted octanol–water partition coefficient (Wildman–Crippen LogP) is 3.98. The van der Waals surface area contributed by atoms with Gasteiger partial charge in [-0.3, -0.25) is 19.3 Å². The van der Waals surface area contributed by atoms with Crippen LogP contribution in [0.1, 0.15) is 27.1 Å². The van der Waals surface area contributed by atoms with Gasteiger partial charge in [-0.05, 0) is 35.4 Å². The van der Waals surface area contributed by atoms with Gasteiger partial charge in [0.2, 0.25) is 5.91 Å². The molecule has 1 aliphatic rings. The molecule has 3 aromatic rings. The maximum atomic E-state index is 12.3. The zero-order valence-corrected chi connectivity index (χ0v) is 15.1. The summed E-state index contributed by atoms with van der Waals surface area (Å²) in [6, 6.07) is 24.2. The Morgan fingerprint density at radius 1 is 0.714 bits per heavy atom. The fraction of sp³-hybridized carbons (Fsp3) is 0.0870. The fourth-order valence-corrected chi connectivity index (χ4v) is 3.26. The molecule has 5 nitrogen and oxygen atoms in total. The van der Waals surface area contributed by atoms with Gasteiger partial charge in [0.15, 0.2) is 0 Å². The Morgan fingerprint density at radius 2 is 1.25 bits per heavy atom. The van der Waals surface area contributed by atoms with Gasteiger partial charge in [-0.15, -0.1) is 0 Å². The van der Waals surface area contributed by atoms with Gasteiger partial charge in [-0.2, -0.15) is 0 Å². The summed E-state index contributed by atoms with van der Waals surface area (Å²) in [7, 11) is 0. The minimum absolute atomic E-state index is 0.0475. The van der Waals surface area contributed by atoms with Crippen LogP contribution in [-0.4, -0.2) is 29.2 Å². The van der Waals surface area contributed by atoms with Crippen molar-refractivity contribution in [2.75, 3.05) is 11.9 Å². The van der Waals surface area contributed by atoms with E-state index in [0.717, 1.165) is 16.0 Å². The van der Waals surface area contributed by atoms with Crippen LogP contribution < -0.4 is 5.32 Å². The molecule has 0 radical (unpaired) electrons. The Morgan fingerprint density at radius 3 is 1.86 bits per heavy atom. The van der Waals surface area contributed by atoms with Gasteiger partial charge in [-0.25, -0.2) is 0 Å². The number of carbonyl (C=O) groups excluding carboxylic acids is 3. The number of rotatable bonds is 5. The summed E-state index contributed by atoms with van der Waals surface area (Å²) in [6.07, 6.45) is 0.0475. The van der Waals surface area contributed by atoms with Crippen molar-refractivity contribution >= 4 is 23.4 Å². The number of hydrogen-bond acceptors (Lipinski definition) is 3. The number of imide groups is 1. The van der Waals surface area contributed by atoms with Crippen molar-refractivity contribution in [3.8, 4) is 11.1 Å². The van der Waals surface area contributed by atoms with Crippen molar-refractivity contribution in [1.82, 2.24) is 4.90 Å². The Kier molecular flexibility index (Phi) is 4.72. The summed E-state index contributed by atoms with van der Waals surface area (Å²) in [5, 5.41) is 2.81. The van der Waals surface area contributed by atoms with Crippen molar-refractivity contribution in [3.63, 3.8) is 0 Å². The van der Waals surface area contributed by atoms with Crippen LogP contribution in [-0.2, 0) is 4.79 Å². The summed E-state index contributed by atoms with van der Waals surface area (Å²) in [4.78, 5) is 38.0. The molecule has 5 heteroatoms. The first-order valence-corrected chi connectivity index (χ1v) is 9.04. The van der Waals surface area contributed by atoms with E-state index in [-0.39, 0.29) is 30.7 Å². The van der Waals surface area contributed by atoms with Crippen LogP contribution in [0, 0.1) is 0 Å². The molecule has 0 bridgehead atoms. The molecule has 0 saturated carbocycles. The Hall–Kier alpha value is -3.73. The van der Waals surface area contributed by atoms with E-state index in [1.165, 1.54) is 0 Å². The monoisotopic (exact) mass is 370 g/mol. The molecule has 0 spiro atoms. The van der Waals surface area contributed by atoms with Crippen molar-refractivity contribution in [2.24, 2.45) is 0 Å². The maximum absolute atomic E-state index is 12.3. The number of nitrogens with one attached hydrogen (secondary N) is 1. The van der Waals surface area contributed by atoms with Crippen LogP contribution in [0.5, 0.6) is 0 Å². The van der Waals surface area contributed by atoms with Crippen LogP contribution in [0.2, 0.25) is 0 Å². The standard InChI is InChI=1S/C23H18N2O3/c26-21(14-15-25-22(27)19-8-4-5-9-20(19)23(25)28)24-18-12-10-17(11-13-18)16-6-2-1-3-7-16/h1-13H,14-15H2,(H,24,26). The van der Waals surface area contributed by atoms with Crippen LogP contribution in [0.4, 0.5) is 5.69 Å². The quantitative estimate of drug-likeness (QED) is 0.691. The van der Waals surface area contributed by atoms with E-state index in [9.17, 15) is 14.4 Å². The molecule has 0 saturated heterocycles. The van der Waals surface area contributed by atoms with Gasteiger partial charge in [0, 0.05) is 18.7 Å². The molecule has 3 aromatic carbocycles. The molecule has 0 aliphatic carbocycles. The number of nitrogens with zero attached hydrogens (tertiary/aromatic N) is 1. The molecule has 1 heterocycles. The van der Waals surface area contributed by atoms with E-state index in [1.807, 2.05) is 54.6 Å². The average molecular weight is 370 g/mol. The predicted molar refractivity (Wildman–Crippen MR) is 107 cm³/mol. The SMILES string of the molecule is O=C(CCN1C(=O)c2ccccc2C1=O)Nc1ccc(-c2ccccc2)cc1. The Labute approximate surface area is 162 Å². The lowest BCUT2D eigenvalue weighted by molar-refractivity contribution is -0.116. The molecule has 1 N–H and O–H groups in total. The smallest absolute Gasteiger partial charge is 0.261 e. The average Bonchev–Trinajstić information content (AvgIpc) is 2.98. The second-order valence-electron chi connectivity index (χ2n) is 6.55. The second kappa shape index (κ2) is 7.48. The lowest BCUT2D eigenvalue weighted by Crippen LogP contribution is -2.32. The van der Waals surface area contributed by atoms with Crippen molar-refractivity contribution in [3.05, 3.63) is 90.0 Å². The van der Waals surface area contributed by atoms with Gasteiger partial charge in [0.1, 0.15) is 0 Å². The maximum Gasteiger partial charge on any atom is 0.261 e. The molecular weight excluding hydrogens is 352 g/mol. The van der Waals surface area contributed by atoms with Gasteiger partial charge in [0.05, 0.1) is 11.1 Å². The molecule has 0 aromatic heterocycles. The number of benzene rings is 3. The molecule has 28 heavy (non-hydrogen) atoms. The lowest BCUT2D eigenvalue weighted by Gasteiger charge is -2.13. The number of amides is 3. The van der Waals surface area contributed by atoms with Crippen molar-refractivity contribution in [1.29, 1.82) is 0 Å². The zero-order chi connectivity index (χ0) is 19.5. The molecule has 0 unspecified atom stereocenters. The first-order chi connectivity index (χ1) is 13.6. The Bertz CT molecular complexity index is 1010. The van der Waals surface area contributed by atoms with E-state index >= 15 is 0 Å². The van der Waals surface area contributed by atoms with E-state index in [2.05, 4.69) is 5.32 Å². The third kappa shape index (κ3) is 3.42. The van der Waals surface area contributed by atoms with Crippen LogP contribution in [0.3, 0.4) is 0 Å². The first kappa shape index (κ1) is 17.7. The third-order valence-electron chi connectivity index (χ3n) is 4.72. The zero-order valence-electron chi connectivity index (χ0n) is 15.1. The van der Waals surface area contributed by atoms with Gasteiger partial charge in [-0.1, -0.05) is 54.6 Å². The van der Waals surface area contributed by atoms with Crippen LogP contribution >= 0.6 is 0 Å². The van der Waals surface area contributed by atoms with Gasteiger partial charge in [0.25, 0.3) is 11.8 Å². The van der Waals surface area contributed by atoms with Crippen molar-refractivity contribution in [2.45, 2.75) is 6.42 Å². The molecule has 0 fully saturated rings. The summed E-state index contributed by atoms with van der Waals surface area (Å²) < 4.78 is 0. The van der Waals surface area contributed by atoms with E-state index in [0.29, 0.717) is 16.8 Å². The minimum Gasteiger partial charge on any atom is -0.326 e. The van der Waals surface area contributed by atoms with Crippen LogP contribution in [0.15, 0.2) is 78.9 Å². The first-order valence-electron chi connectivity index (χ1n) is 9.04. The van der Waals surface area contributed by atoms with E-state index in [1.54, 1.807) is 24.3 Å². The third-order valence-corrected chi connectivity index (χ3v) is 4.72. The Balaban J connectivity index is 1.35. The van der Waals surface area contributed by atoms with E-state index < -0.39 is 0 Å². The summed E-state index contributed by atoms with van der Waals surface area (Å²) in [5.41, 5.74) is 3.62. The molecule has 4 rings (SSSR count). The number of hydrogen-bond donors (Lipinski definition) is 1. The molecule has 1 aliphatic heterocycles.